The summed E-state index contributed by atoms with van der Waals surface area (Å²) in [5, 5.41) is 4.52. The van der Waals surface area contributed by atoms with Gasteiger partial charge in [0.2, 0.25) is 0 Å². The molecule has 2 aromatic carbocycles. The molecule has 0 heterocycles. The van der Waals surface area contributed by atoms with Crippen molar-refractivity contribution >= 4 is 52.3 Å². The van der Waals surface area contributed by atoms with Crippen molar-refractivity contribution in [3.05, 3.63) is 62.1 Å². The van der Waals surface area contributed by atoms with Gasteiger partial charge in [-0.2, -0.15) is 0 Å². The van der Waals surface area contributed by atoms with Crippen molar-refractivity contribution in [3.63, 3.8) is 0 Å². The van der Waals surface area contributed by atoms with Crippen LogP contribution in [0.15, 0.2) is 36.4 Å². The third-order valence-electron chi connectivity index (χ3n) is 3.02. The summed E-state index contributed by atoms with van der Waals surface area (Å²) in [4.78, 5) is 12.1. The van der Waals surface area contributed by atoms with Crippen LogP contribution in [0.3, 0.4) is 0 Å². The zero-order chi connectivity index (χ0) is 17.0. The third-order valence-corrected chi connectivity index (χ3v) is 4.29. The van der Waals surface area contributed by atoms with Crippen molar-refractivity contribution in [2.24, 2.45) is 0 Å². The smallest absolute Gasteiger partial charge is 0.261 e. The van der Waals surface area contributed by atoms with Gasteiger partial charge < -0.3 is 10.1 Å². The molecule has 122 valence electrons. The predicted molar refractivity (Wildman–Crippen MR) is 94.9 cm³/mol. The largest absolute Gasteiger partial charge is 0.479 e. The molecule has 2 aromatic rings. The molecule has 0 aromatic heterocycles. The molecule has 0 fully saturated rings. The number of rotatable bonds is 5. The highest BCUT2D eigenvalue weighted by Gasteiger charge is 2.16. The lowest BCUT2D eigenvalue weighted by Gasteiger charge is -2.16. The second-order valence-corrected chi connectivity index (χ2v) is 6.46. The van der Waals surface area contributed by atoms with E-state index >= 15 is 0 Å². The van der Waals surface area contributed by atoms with E-state index < -0.39 is 6.10 Å². The Morgan fingerprint density at radius 2 is 1.78 bits per heavy atom. The molecule has 0 radical (unpaired) electrons. The van der Waals surface area contributed by atoms with Crippen molar-refractivity contribution < 1.29 is 9.53 Å². The molecule has 7 heteroatoms. The first kappa shape index (κ1) is 18.2. The van der Waals surface area contributed by atoms with E-state index in [1.807, 2.05) is 0 Å². The first-order valence-corrected chi connectivity index (χ1v) is 8.21. The maximum atomic E-state index is 12.1. The molecule has 3 nitrogen and oxygen atoms in total. The lowest BCUT2D eigenvalue weighted by Crippen LogP contribution is -2.35. The Balaban J connectivity index is 1.93. The van der Waals surface area contributed by atoms with Crippen molar-refractivity contribution in [3.8, 4) is 5.75 Å². The number of amides is 1. The van der Waals surface area contributed by atoms with Crippen LogP contribution in [0.2, 0.25) is 20.1 Å². The third kappa shape index (κ3) is 5.18. The molecule has 0 saturated carbocycles. The summed E-state index contributed by atoms with van der Waals surface area (Å²) < 4.78 is 5.54. The van der Waals surface area contributed by atoms with E-state index in [0.717, 1.165) is 5.56 Å². The first-order valence-electron chi connectivity index (χ1n) is 6.70. The van der Waals surface area contributed by atoms with Gasteiger partial charge in [0.05, 0.1) is 15.1 Å². The van der Waals surface area contributed by atoms with Crippen LogP contribution in [0.25, 0.3) is 0 Å². The van der Waals surface area contributed by atoms with Crippen molar-refractivity contribution in [2.45, 2.75) is 19.6 Å². The predicted octanol–water partition coefficient (Wildman–Crippen LogP) is 5.38. The van der Waals surface area contributed by atoms with Crippen molar-refractivity contribution in [1.29, 1.82) is 0 Å². The molecule has 0 aliphatic rings. The number of halogens is 4. The standard InChI is InChI=1S/C16H13Cl4NO2/c1-9(23-15-5-3-11(17)7-14(15)20)16(22)21-8-10-2-4-12(18)13(19)6-10/h2-7,9H,8H2,1H3,(H,21,22). The van der Waals surface area contributed by atoms with E-state index in [1.54, 1.807) is 43.3 Å². The summed E-state index contributed by atoms with van der Waals surface area (Å²) in [5.41, 5.74) is 0.837. The fourth-order valence-electron chi connectivity index (χ4n) is 1.80. The zero-order valence-corrected chi connectivity index (χ0v) is 15.1. The van der Waals surface area contributed by atoms with E-state index in [4.69, 9.17) is 51.1 Å². The van der Waals surface area contributed by atoms with Crippen LogP contribution < -0.4 is 10.1 Å². The molecule has 1 amide bonds. The average Bonchev–Trinajstić information content (AvgIpc) is 2.50. The van der Waals surface area contributed by atoms with Crippen LogP contribution in [-0.4, -0.2) is 12.0 Å². The summed E-state index contributed by atoms with van der Waals surface area (Å²) in [6.45, 7) is 1.95. The minimum absolute atomic E-state index is 0.276. The van der Waals surface area contributed by atoms with Gasteiger partial charge in [0.25, 0.3) is 5.91 Å². The summed E-state index contributed by atoms with van der Waals surface area (Å²) in [5.74, 6) is 0.121. The minimum Gasteiger partial charge on any atom is -0.479 e. The van der Waals surface area contributed by atoms with Gasteiger partial charge in [-0.25, -0.2) is 0 Å². The SMILES string of the molecule is CC(Oc1ccc(Cl)cc1Cl)C(=O)NCc1ccc(Cl)c(Cl)c1. The van der Waals surface area contributed by atoms with Crippen molar-refractivity contribution in [1.82, 2.24) is 5.32 Å². The summed E-state index contributed by atoms with van der Waals surface area (Å²) in [6, 6.07) is 9.98. The summed E-state index contributed by atoms with van der Waals surface area (Å²) >= 11 is 23.6. The maximum Gasteiger partial charge on any atom is 0.261 e. The zero-order valence-electron chi connectivity index (χ0n) is 12.1. The monoisotopic (exact) mass is 391 g/mol. The molecule has 0 spiro atoms. The highest BCUT2D eigenvalue weighted by atomic mass is 35.5. The normalized spacial score (nSPS) is 11.9. The second kappa shape index (κ2) is 8.11. The Morgan fingerprint density at radius 3 is 2.43 bits per heavy atom. The fourth-order valence-corrected chi connectivity index (χ4v) is 2.57. The van der Waals surface area contributed by atoms with E-state index in [-0.39, 0.29) is 5.91 Å². The number of hydrogen-bond donors (Lipinski definition) is 1. The number of carbonyl (C=O) groups excluding carboxylic acids is 1. The van der Waals surface area contributed by atoms with Gasteiger partial charge in [-0.15, -0.1) is 0 Å². The lowest BCUT2D eigenvalue weighted by molar-refractivity contribution is -0.127. The van der Waals surface area contributed by atoms with Crippen LogP contribution in [0.5, 0.6) is 5.75 Å². The van der Waals surface area contributed by atoms with Crippen LogP contribution in [0.4, 0.5) is 0 Å². The molecule has 0 bridgehead atoms. The quantitative estimate of drug-likeness (QED) is 0.741. The Kier molecular flexibility index (Phi) is 6.42. The van der Waals surface area contributed by atoms with Gasteiger partial charge in [0, 0.05) is 11.6 Å². The van der Waals surface area contributed by atoms with Gasteiger partial charge in [-0.3, -0.25) is 4.79 Å². The van der Waals surface area contributed by atoms with Gasteiger partial charge in [0.1, 0.15) is 5.75 Å². The van der Waals surface area contributed by atoms with E-state index in [0.29, 0.717) is 32.4 Å². The number of nitrogens with one attached hydrogen (secondary N) is 1. The topological polar surface area (TPSA) is 38.3 Å². The average molecular weight is 393 g/mol. The fraction of sp³-hybridized carbons (Fsp3) is 0.188. The van der Waals surface area contributed by atoms with Gasteiger partial charge in [-0.1, -0.05) is 52.5 Å². The number of ether oxygens (including phenoxy) is 1. The van der Waals surface area contributed by atoms with E-state index in [9.17, 15) is 4.79 Å². The molecule has 1 atom stereocenters. The molecule has 0 saturated heterocycles. The Labute approximate surface area is 154 Å². The van der Waals surface area contributed by atoms with Crippen LogP contribution in [-0.2, 0) is 11.3 Å². The van der Waals surface area contributed by atoms with Gasteiger partial charge >= 0.3 is 0 Å². The first-order chi connectivity index (χ1) is 10.9. The minimum atomic E-state index is -0.712. The number of hydrogen-bond acceptors (Lipinski definition) is 2. The van der Waals surface area contributed by atoms with Gasteiger partial charge in [0.15, 0.2) is 6.10 Å². The second-order valence-electron chi connectivity index (χ2n) is 4.80. The summed E-state index contributed by atoms with van der Waals surface area (Å²) in [6.07, 6.45) is -0.712. The Bertz CT molecular complexity index is 721. The molecular weight excluding hydrogens is 380 g/mol. The molecule has 2 rings (SSSR count). The molecule has 1 unspecified atom stereocenters. The van der Waals surface area contributed by atoms with Crippen molar-refractivity contribution in [2.75, 3.05) is 0 Å². The molecule has 1 N–H and O–H groups in total. The van der Waals surface area contributed by atoms with E-state index in [1.165, 1.54) is 0 Å². The molecular formula is C16H13Cl4NO2. The highest BCUT2D eigenvalue weighted by molar-refractivity contribution is 6.42. The lowest BCUT2D eigenvalue weighted by atomic mass is 10.2. The number of benzene rings is 2. The highest BCUT2D eigenvalue weighted by Crippen LogP contribution is 2.28. The Hall–Kier alpha value is -1.13. The molecule has 0 aliphatic carbocycles. The van der Waals surface area contributed by atoms with Gasteiger partial charge in [-0.05, 0) is 42.8 Å². The summed E-state index contributed by atoms with van der Waals surface area (Å²) in [7, 11) is 0. The van der Waals surface area contributed by atoms with E-state index in [2.05, 4.69) is 5.32 Å². The Morgan fingerprint density at radius 1 is 1.04 bits per heavy atom. The van der Waals surface area contributed by atoms with Crippen LogP contribution in [0.1, 0.15) is 12.5 Å². The molecule has 0 aliphatic heterocycles. The van der Waals surface area contributed by atoms with Crippen LogP contribution >= 0.6 is 46.4 Å². The maximum absolute atomic E-state index is 12.1. The number of carbonyl (C=O) groups is 1. The van der Waals surface area contributed by atoms with Crippen LogP contribution in [0, 0.1) is 0 Å². The molecule has 23 heavy (non-hydrogen) atoms.